The number of hydrogen-bond donors (Lipinski definition) is 1. The quantitative estimate of drug-likeness (QED) is 0.836. The molecule has 0 radical (unpaired) electrons. The number of hydrogen-bond acceptors (Lipinski definition) is 2. The first-order valence-corrected chi connectivity index (χ1v) is 7.17. The molecule has 2 rings (SSSR count). The Hall–Kier alpha value is -1.06. The second-order valence-corrected chi connectivity index (χ2v) is 5.71. The van der Waals surface area contributed by atoms with Gasteiger partial charge in [0.1, 0.15) is 0 Å². The maximum absolute atomic E-state index is 12.1. The molecule has 0 bridgehead atoms. The highest BCUT2D eigenvalue weighted by atomic mass is 16.4. The van der Waals surface area contributed by atoms with Gasteiger partial charge in [-0.2, -0.15) is 0 Å². The molecule has 4 nitrogen and oxygen atoms in total. The first-order chi connectivity index (χ1) is 8.66. The Morgan fingerprint density at radius 3 is 2.50 bits per heavy atom. The van der Waals surface area contributed by atoms with E-state index in [1.807, 2.05) is 0 Å². The molecule has 1 N–H and O–H groups in total. The third-order valence-corrected chi connectivity index (χ3v) is 4.36. The lowest BCUT2D eigenvalue weighted by Gasteiger charge is -2.31. The molecule has 0 spiro atoms. The van der Waals surface area contributed by atoms with Crippen molar-refractivity contribution in [2.24, 2.45) is 11.8 Å². The summed E-state index contributed by atoms with van der Waals surface area (Å²) in [6.07, 6.45) is 8.29. The summed E-state index contributed by atoms with van der Waals surface area (Å²) < 4.78 is 0. The molecular weight excluding hydrogens is 230 g/mol. The van der Waals surface area contributed by atoms with Gasteiger partial charge in [-0.05, 0) is 25.2 Å². The van der Waals surface area contributed by atoms with Crippen molar-refractivity contribution < 1.29 is 14.7 Å². The average molecular weight is 253 g/mol. The number of carboxylic acid groups (broad SMARTS) is 1. The first kappa shape index (κ1) is 13.4. The third kappa shape index (κ3) is 3.47. The Balaban J connectivity index is 1.75. The normalized spacial score (nSPS) is 25.3. The van der Waals surface area contributed by atoms with Gasteiger partial charge >= 0.3 is 5.97 Å². The number of carbonyl (C=O) groups is 2. The smallest absolute Gasteiger partial charge is 0.308 e. The van der Waals surface area contributed by atoms with Gasteiger partial charge in [0, 0.05) is 19.5 Å². The van der Waals surface area contributed by atoms with Gasteiger partial charge in [-0.3, -0.25) is 9.59 Å². The van der Waals surface area contributed by atoms with E-state index in [-0.39, 0.29) is 11.8 Å². The zero-order valence-corrected chi connectivity index (χ0v) is 10.9. The monoisotopic (exact) mass is 253 g/mol. The molecule has 1 aliphatic carbocycles. The number of piperidine rings is 1. The van der Waals surface area contributed by atoms with Gasteiger partial charge in [-0.1, -0.05) is 25.7 Å². The van der Waals surface area contributed by atoms with E-state index in [4.69, 9.17) is 5.11 Å². The van der Waals surface area contributed by atoms with Crippen LogP contribution in [0, 0.1) is 11.8 Å². The molecule has 1 saturated heterocycles. The van der Waals surface area contributed by atoms with E-state index in [0.29, 0.717) is 19.4 Å². The number of likely N-dealkylation sites (tertiary alicyclic amines) is 1. The van der Waals surface area contributed by atoms with Crippen LogP contribution >= 0.6 is 0 Å². The summed E-state index contributed by atoms with van der Waals surface area (Å²) in [5.74, 6) is -0.223. The fourth-order valence-electron chi connectivity index (χ4n) is 3.19. The molecule has 0 aromatic carbocycles. The molecule has 1 saturated carbocycles. The van der Waals surface area contributed by atoms with Gasteiger partial charge in [0.25, 0.3) is 0 Å². The van der Waals surface area contributed by atoms with Gasteiger partial charge < -0.3 is 10.0 Å². The number of amides is 1. The predicted octanol–water partition coefficient (Wildman–Crippen LogP) is 2.28. The molecule has 1 aliphatic heterocycles. The molecule has 1 heterocycles. The molecule has 2 aliphatic rings. The van der Waals surface area contributed by atoms with Crippen LogP contribution in [0.3, 0.4) is 0 Å². The molecule has 1 atom stereocenters. The summed E-state index contributed by atoms with van der Waals surface area (Å²) in [6, 6.07) is 0. The van der Waals surface area contributed by atoms with Crippen molar-refractivity contribution in [3.8, 4) is 0 Å². The molecule has 1 amide bonds. The van der Waals surface area contributed by atoms with Crippen molar-refractivity contribution in [2.45, 2.75) is 51.4 Å². The summed E-state index contributed by atoms with van der Waals surface area (Å²) in [5, 5.41) is 9.00. The Morgan fingerprint density at radius 2 is 1.83 bits per heavy atom. The Morgan fingerprint density at radius 1 is 1.11 bits per heavy atom. The Labute approximate surface area is 108 Å². The van der Waals surface area contributed by atoms with Crippen LogP contribution in [0.1, 0.15) is 51.4 Å². The fourth-order valence-corrected chi connectivity index (χ4v) is 3.19. The highest BCUT2D eigenvalue weighted by Gasteiger charge is 2.28. The molecule has 2 fully saturated rings. The molecule has 102 valence electrons. The van der Waals surface area contributed by atoms with Crippen LogP contribution in [-0.4, -0.2) is 35.0 Å². The summed E-state index contributed by atoms with van der Waals surface area (Å²) in [5.41, 5.74) is 0. The lowest BCUT2D eigenvalue weighted by molar-refractivity contribution is -0.145. The minimum Gasteiger partial charge on any atom is -0.481 e. The highest BCUT2D eigenvalue weighted by Crippen LogP contribution is 2.29. The second kappa shape index (κ2) is 6.21. The Bertz CT molecular complexity index is 310. The van der Waals surface area contributed by atoms with E-state index in [0.717, 1.165) is 25.3 Å². The maximum Gasteiger partial charge on any atom is 0.308 e. The van der Waals surface area contributed by atoms with Crippen molar-refractivity contribution in [1.82, 2.24) is 4.90 Å². The van der Waals surface area contributed by atoms with E-state index in [9.17, 15) is 9.59 Å². The van der Waals surface area contributed by atoms with E-state index in [1.165, 1.54) is 25.7 Å². The van der Waals surface area contributed by atoms with Gasteiger partial charge in [0.15, 0.2) is 0 Å². The summed E-state index contributed by atoms with van der Waals surface area (Å²) in [4.78, 5) is 24.8. The fraction of sp³-hybridized carbons (Fsp3) is 0.857. The van der Waals surface area contributed by atoms with E-state index in [1.54, 1.807) is 4.90 Å². The Kier molecular flexibility index (Phi) is 4.61. The van der Waals surface area contributed by atoms with Crippen LogP contribution < -0.4 is 0 Å². The van der Waals surface area contributed by atoms with Crippen LogP contribution in [0.2, 0.25) is 0 Å². The molecule has 18 heavy (non-hydrogen) atoms. The van der Waals surface area contributed by atoms with E-state index >= 15 is 0 Å². The molecular formula is C14H23NO3. The SMILES string of the molecule is O=C(O)[C@@H]1CCCN(C(=O)CCC2CCCC2)C1. The molecule has 4 heteroatoms. The lowest BCUT2D eigenvalue weighted by atomic mass is 9.97. The number of rotatable bonds is 4. The van der Waals surface area contributed by atoms with Gasteiger partial charge in [-0.25, -0.2) is 0 Å². The number of nitrogens with zero attached hydrogens (tertiary/aromatic N) is 1. The largest absolute Gasteiger partial charge is 0.481 e. The van der Waals surface area contributed by atoms with Crippen LogP contribution in [-0.2, 0) is 9.59 Å². The summed E-state index contributed by atoms with van der Waals surface area (Å²) in [6.45, 7) is 1.16. The van der Waals surface area contributed by atoms with Crippen molar-refractivity contribution in [1.29, 1.82) is 0 Å². The van der Waals surface area contributed by atoms with Crippen LogP contribution in [0.25, 0.3) is 0 Å². The topological polar surface area (TPSA) is 57.6 Å². The zero-order valence-electron chi connectivity index (χ0n) is 10.9. The highest BCUT2D eigenvalue weighted by molar-refractivity contribution is 5.78. The number of aliphatic carboxylic acids is 1. The second-order valence-electron chi connectivity index (χ2n) is 5.71. The molecule has 0 aromatic heterocycles. The predicted molar refractivity (Wildman–Crippen MR) is 68.1 cm³/mol. The van der Waals surface area contributed by atoms with Crippen LogP contribution in [0.4, 0.5) is 0 Å². The average Bonchev–Trinajstić information content (AvgIpc) is 2.89. The number of carbonyl (C=O) groups excluding carboxylic acids is 1. The van der Waals surface area contributed by atoms with Gasteiger partial charge in [0.2, 0.25) is 5.91 Å². The summed E-state index contributed by atoms with van der Waals surface area (Å²) >= 11 is 0. The van der Waals surface area contributed by atoms with Crippen molar-refractivity contribution in [3.05, 3.63) is 0 Å². The molecule has 0 unspecified atom stereocenters. The van der Waals surface area contributed by atoms with Gasteiger partial charge in [0.05, 0.1) is 5.92 Å². The number of carboxylic acids is 1. The third-order valence-electron chi connectivity index (χ3n) is 4.36. The van der Waals surface area contributed by atoms with Crippen LogP contribution in [0.5, 0.6) is 0 Å². The molecule has 0 aromatic rings. The van der Waals surface area contributed by atoms with Crippen molar-refractivity contribution in [2.75, 3.05) is 13.1 Å². The zero-order chi connectivity index (χ0) is 13.0. The maximum atomic E-state index is 12.1. The van der Waals surface area contributed by atoms with E-state index < -0.39 is 5.97 Å². The van der Waals surface area contributed by atoms with Crippen molar-refractivity contribution in [3.63, 3.8) is 0 Å². The minimum absolute atomic E-state index is 0.160. The van der Waals surface area contributed by atoms with Gasteiger partial charge in [-0.15, -0.1) is 0 Å². The lowest BCUT2D eigenvalue weighted by Crippen LogP contribution is -2.42. The van der Waals surface area contributed by atoms with E-state index in [2.05, 4.69) is 0 Å². The summed E-state index contributed by atoms with van der Waals surface area (Å²) in [7, 11) is 0. The minimum atomic E-state index is -0.761. The standard InChI is InChI=1S/C14H23NO3/c16-13(8-7-11-4-1-2-5-11)15-9-3-6-12(10-15)14(17)18/h11-12H,1-10H2,(H,17,18)/t12-/m1/s1. The van der Waals surface area contributed by atoms with Crippen molar-refractivity contribution >= 4 is 11.9 Å². The first-order valence-electron chi connectivity index (χ1n) is 7.17. The van der Waals surface area contributed by atoms with Crippen LogP contribution in [0.15, 0.2) is 0 Å².